The lowest BCUT2D eigenvalue weighted by atomic mass is 10.9. The van der Waals surface area contributed by atoms with Crippen molar-refractivity contribution < 1.29 is 41.9 Å². The molecule has 0 saturated heterocycles. The highest BCUT2D eigenvalue weighted by molar-refractivity contribution is 7.61. The van der Waals surface area contributed by atoms with Crippen LogP contribution in [0.2, 0.25) is 0 Å². The van der Waals surface area contributed by atoms with Gasteiger partial charge in [0.15, 0.2) is 0 Å². The predicted molar refractivity (Wildman–Crippen MR) is 44.3 cm³/mol. The van der Waals surface area contributed by atoms with Gasteiger partial charge in [-0.05, 0) is 0 Å². The van der Waals surface area contributed by atoms with Gasteiger partial charge in [0.2, 0.25) is 0 Å². The minimum Gasteiger partial charge on any atom is -0.361 e. The molecule has 0 aromatic rings. The summed E-state index contributed by atoms with van der Waals surface area (Å²) in [5.74, 6) is -2.37. The van der Waals surface area contributed by atoms with E-state index in [1.807, 2.05) is 0 Å². The maximum atomic E-state index is 11.2. The third kappa shape index (κ3) is 7.24. The molecule has 9 nitrogen and oxygen atoms in total. The Bertz CT molecular complexity index is 333. The smallest absolute Gasteiger partial charge is 0.361 e. The van der Waals surface area contributed by atoms with E-state index in [9.17, 15) is 18.7 Å². The molecule has 0 spiro atoms. The average Bonchev–Trinajstić information content (AvgIpc) is 1.73. The summed E-state index contributed by atoms with van der Waals surface area (Å²) >= 11 is 0. The fraction of sp³-hybridized carbons (Fsp3) is 0.500. The van der Waals surface area contributed by atoms with Gasteiger partial charge in [-0.3, -0.25) is 9.59 Å². The molecule has 2 N–H and O–H groups in total. The number of rotatable bonds is 4. The molecule has 0 aliphatic carbocycles. The molecule has 88 valence electrons. The normalized spacial score (nSPS) is 12.0. The van der Waals surface area contributed by atoms with Gasteiger partial charge in [0.05, 0.1) is 0 Å². The van der Waals surface area contributed by atoms with Crippen LogP contribution in [0.4, 0.5) is 0 Å². The Hall–Kier alpha value is -0.720. The zero-order valence-corrected chi connectivity index (χ0v) is 9.44. The van der Waals surface area contributed by atoms with Crippen LogP contribution in [0.15, 0.2) is 0 Å². The molecule has 0 aromatic heterocycles. The summed E-state index contributed by atoms with van der Waals surface area (Å²) in [6.07, 6.45) is 0. The first-order valence-electron chi connectivity index (χ1n) is 3.31. The molecule has 0 rings (SSSR count). The highest BCUT2D eigenvalue weighted by atomic mass is 31.3. The van der Waals surface area contributed by atoms with E-state index in [0.717, 1.165) is 13.8 Å². The zero-order chi connectivity index (χ0) is 12.3. The minimum atomic E-state index is -5.22. The summed E-state index contributed by atoms with van der Waals surface area (Å²) in [5.41, 5.74) is 0. The molecule has 0 bridgehead atoms. The van der Waals surface area contributed by atoms with Crippen LogP contribution < -0.4 is 0 Å². The predicted octanol–water partition coefficient (Wildman–Crippen LogP) is 0.330. The van der Waals surface area contributed by atoms with Gasteiger partial charge < -0.3 is 18.8 Å². The van der Waals surface area contributed by atoms with Crippen LogP contribution in [-0.2, 0) is 32.1 Å². The Labute approximate surface area is 84.2 Å². The summed E-state index contributed by atoms with van der Waals surface area (Å²) in [6, 6.07) is 0. The number of hydrogen-bond acceptors (Lipinski definition) is 7. The topological polar surface area (TPSA) is 136 Å². The average molecular weight is 262 g/mol. The van der Waals surface area contributed by atoms with Crippen molar-refractivity contribution in [2.24, 2.45) is 0 Å². The van der Waals surface area contributed by atoms with E-state index in [-0.39, 0.29) is 0 Å². The first-order chi connectivity index (χ1) is 6.54. The fourth-order valence-corrected chi connectivity index (χ4v) is 2.47. The molecule has 0 atom stereocenters. The first-order valence-corrected chi connectivity index (χ1v) is 6.30. The van der Waals surface area contributed by atoms with Gasteiger partial charge in [-0.1, -0.05) is 0 Å². The van der Waals surface area contributed by atoms with E-state index in [1.54, 1.807) is 0 Å². The summed E-state index contributed by atoms with van der Waals surface area (Å²) in [6.45, 7) is 1.58. The van der Waals surface area contributed by atoms with E-state index in [1.165, 1.54) is 0 Å². The molecule has 11 heteroatoms. The second-order valence-electron chi connectivity index (χ2n) is 2.19. The Morgan fingerprint density at radius 3 is 1.53 bits per heavy atom. The van der Waals surface area contributed by atoms with Crippen LogP contribution >= 0.6 is 15.6 Å². The molecule has 0 amide bonds. The Kier molecular flexibility index (Phi) is 4.64. The molecule has 0 heterocycles. The molecular formula is C4H8O9P2. The molecule has 0 unspecified atom stereocenters. The molecule has 0 aliphatic heterocycles. The van der Waals surface area contributed by atoms with Gasteiger partial charge in [0.1, 0.15) is 0 Å². The van der Waals surface area contributed by atoms with Crippen molar-refractivity contribution in [2.75, 3.05) is 0 Å². The maximum absolute atomic E-state index is 11.2. The highest BCUT2D eigenvalue weighted by Gasteiger charge is 2.41. The van der Waals surface area contributed by atoms with Gasteiger partial charge in [-0.2, -0.15) is 4.31 Å². The van der Waals surface area contributed by atoms with E-state index in [0.29, 0.717) is 0 Å². The van der Waals surface area contributed by atoms with E-state index >= 15 is 0 Å². The molecule has 0 aliphatic rings. The molecule has 0 fully saturated rings. The molecule has 0 radical (unpaired) electrons. The van der Waals surface area contributed by atoms with Crippen LogP contribution in [0.25, 0.3) is 0 Å². The van der Waals surface area contributed by atoms with Gasteiger partial charge in [-0.25, -0.2) is 9.13 Å². The van der Waals surface area contributed by atoms with Gasteiger partial charge in [0.25, 0.3) is 0 Å². The summed E-state index contributed by atoms with van der Waals surface area (Å²) in [5, 5.41) is 0. The van der Waals surface area contributed by atoms with Gasteiger partial charge >= 0.3 is 27.6 Å². The van der Waals surface area contributed by atoms with Crippen LogP contribution in [0.1, 0.15) is 13.8 Å². The standard InChI is InChI=1S/C4H8O9P2/c1-3(5)11-15(10,12-4(2)6)13-14(7,8)9/h1-2H3,(H2,7,8,9). The number of phosphoric acid groups is 2. The number of phosphoric ester groups is 1. The van der Waals surface area contributed by atoms with Gasteiger partial charge in [0, 0.05) is 13.8 Å². The molecule has 15 heavy (non-hydrogen) atoms. The quantitative estimate of drug-likeness (QED) is 0.686. The van der Waals surface area contributed by atoms with Crippen molar-refractivity contribution in [3.8, 4) is 0 Å². The summed E-state index contributed by atoms with van der Waals surface area (Å²) in [4.78, 5) is 37.4. The fourth-order valence-electron chi connectivity index (χ4n) is 0.497. The highest BCUT2D eigenvalue weighted by Crippen LogP contribution is 2.61. The van der Waals surface area contributed by atoms with Crippen molar-refractivity contribution in [3.63, 3.8) is 0 Å². The number of carbonyl (C=O) groups is 2. The number of carbonyl (C=O) groups excluding carboxylic acids is 2. The van der Waals surface area contributed by atoms with Crippen molar-refractivity contribution >= 4 is 27.6 Å². The second-order valence-corrected chi connectivity index (χ2v) is 5.08. The maximum Gasteiger partial charge on any atom is 0.601 e. The lowest BCUT2D eigenvalue weighted by Gasteiger charge is -2.14. The van der Waals surface area contributed by atoms with Crippen LogP contribution in [-0.4, -0.2) is 21.7 Å². The minimum absolute atomic E-state index is 0.791. The Balaban J connectivity index is 4.86. The SMILES string of the molecule is CC(=O)OP(=O)(OC(C)=O)OP(=O)(O)O. The Morgan fingerprint density at radius 2 is 1.33 bits per heavy atom. The van der Waals surface area contributed by atoms with Crippen LogP contribution in [0, 0.1) is 0 Å². The summed E-state index contributed by atoms with van der Waals surface area (Å²) in [7, 11) is -10.1. The summed E-state index contributed by atoms with van der Waals surface area (Å²) < 4.78 is 32.9. The monoisotopic (exact) mass is 262 g/mol. The van der Waals surface area contributed by atoms with Crippen LogP contribution in [0.3, 0.4) is 0 Å². The van der Waals surface area contributed by atoms with Crippen molar-refractivity contribution in [2.45, 2.75) is 13.8 Å². The van der Waals surface area contributed by atoms with E-state index < -0.39 is 27.6 Å². The third-order valence-electron chi connectivity index (χ3n) is 0.687. The lowest BCUT2D eigenvalue weighted by molar-refractivity contribution is -0.137. The lowest BCUT2D eigenvalue weighted by Crippen LogP contribution is -2.06. The van der Waals surface area contributed by atoms with E-state index in [2.05, 4.69) is 13.4 Å². The number of hydrogen-bond donors (Lipinski definition) is 2. The van der Waals surface area contributed by atoms with E-state index in [4.69, 9.17) is 9.79 Å². The Morgan fingerprint density at radius 1 is 1.00 bits per heavy atom. The zero-order valence-electron chi connectivity index (χ0n) is 7.65. The molecule has 0 saturated carbocycles. The largest absolute Gasteiger partial charge is 0.601 e. The van der Waals surface area contributed by atoms with Crippen molar-refractivity contribution in [3.05, 3.63) is 0 Å². The third-order valence-corrected chi connectivity index (χ3v) is 3.30. The van der Waals surface area contributed by atoms with Crippen molar-refractivity contribution in [1.29, 1.82) is 0 Å². The van der Waals surface area contributed by atoms with Crippen LogP contribution in [0.5, 0.6) is 0 Å². The molecule has 0 aromatic carbocycles. The first kappa shape index (κ1) is 14.3. The second kappa shape index (κ2) is 4.87. The van der Waals surface area contributed by atoms with Crippen molar-refractivity contribution in [1.82, 2.24) is 0 Å². The molecular weight excluding hydrogens is 254 g/mol. The van der Waals surface area contributed by atoms with Gasteiger partial charge in [-0.15, -0.1) is 0 Å².